The number of hydrogen-bond acceptors (Lipinski definition) is 6. The van der Waals surface area contributed by atoms with Gasteiger partial charge in [0.15, 0.2) is 6.10 Å². The number of hydrogen-bond donors (Lipinski definition) is 0. The van der Waals surface area contributed by atoms with E-state index in [0.717, 1.165) is 128 Å². The van der Waals surface area contributed by atoms with Crippen molar-refractivity contribution >= 4 is 17.9 Å². The second kappa shape index (κ2) is 57.6. The highest BCUT2D eigenvalue weighted by Crippen LogP contribution is 2.15. The largest absolute Gasteiger partial charge is 0.462 e. The molecule has 6 heteroatoms. The summed E-state index contributed by atoms with van der Waals surface area (Å²) in [5.74, 6) is -0.961. The topological polar surface area (TPSA) is 78.9 Å². The molecule has 0 aliphatic heterocycles. The molecule has 0 amide bonds. The van der Waals surface area contributed by atoms with Crippen LogP contribution >= 0.6 is 0 Å². The number of esters is 3. The summed E-state index contributed by atoms with van der Waals surface area (Å²) in [5, 5.41) is 0. The van der Waals surface area contributed by atoms with Gasteiger partial charge in [0, 0.05) is 19.3 Å². The molecule has 0 aliphatic rings. The van der Waals surface area contributed by atoms with E-state index in [9.17, 15) is 14.4 Å². The second-order valence-electron chi connectivity index (χ2n) is 18.8. The molecule has 0 aliphatic carbocycles. The van der Waals surface area contributed by atoms with Crippen LogP contribution in [0.5, 0.6) is 0 Å². The maximum Gasteiger partial charge on any atom is 0.306 e. The zero-order chi connectivity index (χ0) is 50.7. The van der Waals surface area contributed by atoms with Gasteiger partial charge in [-0.25, -0.2) is 0 Å². The molecule has 398 valence electrons. The molecule has 6 nitrogen and oxygen atoms in total. The van der Waals surface area contributed by atoms with Crippen molar-refractivity contribution < 1.29 is 28.6 Å². The van der Waals surface area contributed by atoms with Crippen LogP contribution in [0.1, 0.15) is 258 Å². The number of carbonyl (C=O) groups excluding carboxylic acids is 3. The third kappa shape index (κ3) is 55.0. The first-order valence-electron chi connectivity index (χ1n) is 28.9. The molecular weight excluding hydrogens is 865 g/mol. The Hall–Kier alpha value is -3.93. The van der Waals surface area contributed by atoms with E-state index < -0.39 is 6.10 Å². The van der Waals surface area contributed by atoms with Crippen LogP contribution in [0.25, 0.3) is 0 Å². The van der Waals surface area contributed by atoms with Gasteiger partial charge in [-0.1, -0.05) is 246 Å². The van der Waals surface area contributed by atoms with E-state index in [-0.39, 0.29) is 31.1 Å². The molecule has 0 aromatic rings. The zero-order valence-corrected chi connectivity index (χ0v) is 45.5. The summed E-state index contributed by atoms with van der Waals surface area (Å²) < 4.78 is 16.8. The average molecular weight is 972 g/mol. The van der Waals surface area contributed by atoms with Gasteiger partial charge in [-0.05, 0) is 103 Å². The maximum absolute atomic E-state index is 12.9. The third-order valence-electron chi connectivity index (χ3n) is 12.0. The van der Waals surface area contributed by atoms with Gasteiger partial charge < -0.3 is 14.2 Å². The number of unbranched alkanes of at least 4 members (excludes halogenated alkanes) is 22. The van der Waals surface area contributed by atoms with E-state index in [2.05, 4.69) is 130 Å². The minimum absolute atomic E-state index is 0.105. The monoisotopic (exact) mass is 971 g/mol. The zero-order valence-electron chi connectivity index (χ0n) is 45.5. The van der Waals surface area contributed by atoms with E-state index in [4.69, 9.17) is 14.2 Å². The molecule has 0 heterocycles. The van der Waals surface area contributed by atoms with Crippen LogP contribution in [0.2, 0.25) is 0 Å². The van der Waals surface area contributed by atoms with Crippen molar-refractivity contribution in [3.8, 4) is 0 Å². The van der Waals surface area contributed by atoms with Crippen molar-refractivity contribution in [1.82, 2.24) is 0 Å². The predicted molar refractivity (Wildman–Crippen MR) is 302 cm³/mol. The molecule has 0 bridgehead atoms. The predicted octanol–water partition coefficient (Wildman–Crippen LogP) is 19.5. The molecule has 0 saturated heterocycles. The highest BCUT2D eigenvalue weighted by Gasteiger charge is 2.19. The van der Waals surface area contributed by atoms with Crippen molar-refractivity contribution in [3.63, 3.8) is 0 Å². The van der Waals surface area contributed by atoms with Crippen LogP contribution in [-0.2, 0) is 28.6 Å². The highest BCUT2D eigenvalue weighted by molar-refractivity contribution is 5.71. The fourth-order valence-corrected chi connectivity index (χ4v) is 7.75. The molecule has 0 saturated carbocycles. The van der Waals surface area contributed by atoms with E-state index >= 15 is 0 Å². The molecule has 0 radical (unpaired) electrons. The Balaban J connectivity index is 4.49. The van der Waals surface area contributed by atoms with Crippen LogP contribution in [0.4, 0.5) is 0 Å². The van der Waals surface area contributed by atoms with Crippen LogP contribution < -0.4 is 0 Å². The van der Waals surface area contributed by atoms with Crippen molar-refractivity contribution in [2.45, 2.75) is 264 Å². The Morgan fingerprint density at radius 3 is 0.871 bits per heavy atom. The van der Waals surface area contributed by atoms with Crippen molar-refractivity contribution in [2.24, 2.45) is 0 Å². The summed E-state index contributed by atoms with van der Waals surface area (Å²) in [6, 6.07) is 0. The maximum atomic E-state index is 12.9. The fraction of sp³-hybridized carbons (Fsp3) is 0.672. The molecule has 1 atom stereocenters. The normalized spacial score (nSPS) is 12.9. The summed E-state index contributed by atoms with van der Waals surface area (Å²) in [5.41, 5.74) is 0. The van der Waals surface area contributed by atoms with E-state index in [0.29, 0.717) is 19.3 Å². The molecule has 0 N–H and O–H groups in total. The lowest BCUT2D eigenvalue weighted by atomic mass is 10.0. The van der Waals surface area contributed by atoms with Gasteiger partial charge in [0.2, 0.25) is 0 Å². The van der Waals surface area contributed by atoms with Crippen LogP contribution in [0.3, 0.4) is 0 Å². The van der Waals surface area contributed by atoms with Gasteiger partial charge in [-0.2, -0.15) is 0 Å². The summed E-state index contributed by atoms with van der Waals surface area (Å²) in [7, 11) is 0. The van der Waals surface area contributed by atoms with Gasteiger partial charge in [-0.15, -0.1) is 0 Å². The Morgan fingerprint density at radius 1 is 0.300 bits per heavy atom. The van der Waals surface area contributed by atoms with E-state index in [1.165, 1.54) is 89.9 Å². The highest BCUT2D eigenvalue weighted by atomic mass is 16.6. The number of ether oxygens (including phenoxy) is 3. The van der Waals surface area contributed by atoms with Crippen LogP contribution in [-0.4, -0.2) is 37.2 Å². The summed E-state index contributed by atoms with van der Waals surface area (Å²) in [6.45, 7) is 6.37. The van der Waals surface area contributed by atoms with Crippen molar-refractivity contribution in [3.05, 3.63) is 109 Å². The van der Waals surface area contributed by atoms with E-state index in [1.54, 1.807) is 0 Å². The molecule has 0 aromatic heterocycles. The van der Waals surface area contributed by atoms with Gasteiger partial charge in [-0.3, -0.25) is 14.4 Å². The second-order valence-corrected chi connectivity index (χ2v) is 18.8. The first kappa shape index (κ1) is 66.1. The molecular formula is C64H106O6. The van der Waals surface area contributed by atoms with E-state index in [1.807, 2.05) is 0 Å². The molecule has 0 aromatic carbocycles. The van der Waals surface area contributed by atoms with Crippen molar-refractivity contribution in [2.75, 3.05) is 13.2 Å². The van der Waals surface area contributed by atoms with Gasteiger partial charge >= 0.3 is 17.9 Å². The SMILES string of the molecule is CC/C=C\C/C=C\C/C=C\C/C=C\C/C=C\CCCCCC(=O)OCC(COC(=O)CCCCC/C=C\C/C=C\C/C=C\C/C=C\CC)OC(=O)CCCCCCCCCCCCCCCCCCC. The number of rotatable bonds is 51. The lowest BCUT2D eigenvalue weighted by molar-refractivity contribution is -0.167. The number of carbonyl (C=O) groups is 3. The Kier molecular flexibility index (Phi) is 54.4. The lowest BCUT2D eigenvalue weighted by Crippen LogP contribution is -2.30. The van der Waals surface area contributed by atoms with Gasteiger partial charge in [0.05, 0.1) is 0 Å². The first-order chi connectivity index (χ1) is 34.5. The lowest BCUT2D eigenvalue weighted by Gasteiger charge is -2.18. The molecule has 0 fully saturated rings. The Bertz CT molecular complexity index is 1440. The average Bonchev–Trinajstić information content (AvgIpc) is 3.36. The third-order valence-corrected chi connectivity index (χ3v) is 12.0. The quantitative estimate of drug-likeness (QED) is 0.0262. The first-order valence-corrected chi connectivity index (χ1v) is 28.9. The van der Waals surface area contributed by atoms with Crippen LogP contribution in [0.15, 0.2) is 109 Å². The minimum Gasteiger partial charge on any atom is -0.462 e. The number of allylic oxidation sites excluding steroid dienone is 18. The summed E-state index contributed by atoms with van der Waals surface area (Å²) >= 11 is 0. The van der Waals surface area contributed by atoms with Gasteiger partial charge in [0.1, 0.15) is 13.2 Å². The minimum atomic E-state index is -0.806. The van der Waals surface area contributed by atoms with Crippen LogP contribution in [0, 0.1) is 0 Å². The fourth-order valence-electron chi connectivity index (χ4n) is 7.75. The standard InChI is InChI=1S/C64H106O6/c1-4-7-10-13-16-19-22-25-28-31-32-34-36-39-42-45-48-51-54-57-63(66)69-60-61(59-68-62(65)56-53-50-47-44-41-38-35-30-27-24-21-18-15-12-9-6-3)70-64(67)58-55-52-49-46-43-40-37-33-29-26-23-20-17-14-11-8-5-2/h7,9-10,12,16,18-19,21,25,27-28,30,32,34,38-39,41-42,61H,4-6,8,11,13-15,17,20,22-24,26,29,31,33,35-37,40,43-60H2,1-3H3/b10-7-,12-9-,19-16-,21-18-,28-25-,30-27-,34-32-,41-38-,42-39-. The Labute approximate surface area is 431 Å². The molecule has 70 heavy (non-hydrogen) atoms. The Morgan fingerprint density at radius 2 is 0.557 bits per heavy atom. The van der Waals surface area contributed by atoms with Gasteiger partial charge in [0.25, 0.3) is 0 Å². The van der Waals surface area contributed by atoms with Crippen molar-refractivity contribution in [1.29, 1.82) is 0 Å². The smallest absolute Gasteiger partial charge is 0.306 e. The molecule has 0 spiro atoms. The molecule has 1 unspecified atom stereocenters. The summed E-state index contributed by atoms with van der Waals surface area (Å²) in [6.07, 6.45) is 77.9. The molecule has 0 rings (SSSR count). The summed E-state index contributed by atoms with van der Waals surface area (Å²) in [4.78, 5) is 38.2.